The van der Waals surface area contributed by atoms with Gasteiger partial charge < -0.3 is 15.8 Å². The van der Waals surface area contributed by atoms with Crippen LogP contribution in [0.1, 0.15) is 49.9 Å². The minimum atomic E-state index is -0.446. The molecule has 0 spiro atoms. The Bertz CT molecular complexity index is 702. The fourth-order valence-electron chi connectivity index (χ4n) is 2.69. The van der Waals surface area contributed by atoms with Gasteiger partial charge in [-0.3, -0.25) is 9.59 Å². The van der Waals surface area contributed by atoms with E-state index in [9.17, 15) is 9.59 Å². The molecule has 0 aromatic heterocycles. The largest absolute Gasteiger partial charge is 0.463 e. The van der Waals surface area contributed by atoms with Crippen molar-refractivity contribution >= 4 is 11.9 Å². The van der Waals surface area contributed by atoms with Gasteiger partial charge in [0.1, 0.15) is 0 Å². The monoisotopic (exact) mass is 354 g/mol. The minimum Gasteiger partial charge on any atom is -0.463 e. The third-order valence-corrected chi connectivity index (χ3v) is 3.91. The van der Waals surface area contributed by atoms with Gasteiger partial charge in [0.05, 0.1) is 18.6 Å². The molecule has 0 saturated carbocycles. The van der Waals surface area contributed by atoms with Crippen LogP contribution in [0.5, 0.6) is 0 Å². The van der Waals surface area contributed by atoms with E-state index in [4.69, 9.17) is 10.5 Å². The number of benzene rings is 2. The lowest BCUT2D eigenvalue weighted by atomic mass is 10.0. The number of ether oxygens (including phenoxy) is 1. The van der Waals surface area contributed by atoms with Crippen LogP contribution in [-0.2, 0) is 14.3 Å². The Hall–Kier alpha value is -2.66. The molecule has 0 bridgehead atoms. The van der Waals surface area contributed by atoms with E-state index in [0.29, 0.717) is 0 Å². The molecule has 5 nitrogen and oxygen atoms in total. The first-order valence-electron chi connectivity index (χ1n) is 8.80. The minimum absolute atomic E-state index is 0.0779. The van der Waals surface area contributed by atoms with Gasteiger partial charge in [-0.25, -0.2) is 0 Å². The maximum absolute atomic E-state index is 12.5. The number of hydrogen-bond donors (Lipinski definition) is 2. The molecule has 5 heteroatoms. The first kappa shape index (κ1) is 19.7. The molecule has 0 aliphatic rings. The van der Waals surface area contributed by atoms with Crippen LogP contribution in [0.4, 0.5) is 0 Å². The molecule has 26 heavy (non-hydrogen) atoms. The van der Waals surface area contributed by atoms with Crippen LogP contribution in [0.3, 0.4) is 0 Å². The molecule has 2 unspecified atom stereocenters. The van der Waals surface area contributed by atoms with Crippen LogP contribution in [0, 0.1) is 0 Å². The lowest BCUT2D eigenvalue weighted by molar-refractivity contribution is -0.148. The third kappa shape index (κ3) is 6.33. The maximum Gasteiger partial charge on any atom is 0.308 e. The summed E-state index contributed by atoms with van der Waals surface area (Å²) in [6.45, 7) is 3.60. The average molecular weight is 354 g/mol. The molecule has 0 heterocycles. The highest BCUT2D eigenvalue weighted by Gasteiger charge is 2.21. The van der Waals surface area contributed by atoms with E-state index in [-0.39, 0.29) is 30.8 Å². The SMILES string of the molecule is CC(C)OC(=O)CC(NC(=O)CC(N)c1ccccc1)c1ccccc1. The zero-order valence-electron chi connectivity index (χ0n) is 15.2. The number of carbonyl (C=O) groups excluding carboxylic acids is 2. The Morgan fingerprint density at radius 3 is 2.00 bits per heavy atom. The highest BCUT2D eigenvalue weighted by Crippen LogP contribution is 2.19. The van der Waals surface area contributed by atoms with E-state index in [1.165, 1.54) is 0 Å². The van der Waals surface area contributed by atoms with Crippen LogP contribution in [0.25, 0.3) is 0 Å². The van der Waals surface area contributed by atoms with Crippen LogP contribution < -0.4 is 11.1 Å². The Kier molecular flexibility index (Phi) is 7.36. The van der Waals surface area contributed by atoms with E-state index in [1.54, 1.807) is 13.8 Å². The fourth-order valence-corrected chi connectivity index (χ4v) is 2.69. The van der Waals surface area contributed by atoms with Gasteiger partial charge >= 0.3 is 5.97 Å². The quantitative estimate of drug-likeness (QED) is 0.713. The molecule has 2 rings (SSSR count). The molecule has 2 atom stereocenters. The van der Waals surface area contributed by atoms with Crippen molar-refractivity contribution < 1.29 is 14.3 Å². The third-order valence-electron chi connectivity index (χ3n) is 3.91. The summed E-state index contributed by atoms with van der Waals surface area (Å²) in [5.41, 5.74) is 7.88. The molecular formula is C21H26N2O3. The number of rotatable bonds is 8. The average Bonchev–Trinajstić information content (AvgIpc) is 2.62. The van der Waals surface area contributed by atoms with Crippen molar-refractivity contribution in [3.63, 3.8) is 0 Å². The van der Waals surface area contributed by atoms with Crippen molar-refractivity contribution in [1.29, 1.82) is 0 Å². The van der Waals surface area contributed by atoms with Crippen molar-refractivity contribution in [3.05, 3.63) is 71.8 Å². The number of hydrogen-bond acceptors (Lipinski definition) is 4. The number of esters is 1. The van der Waals surface area contributed by atoms with E-state index in [1.807, 2.05) is 60.7 Å². The molecule has 1 amide bonds. The lowest BCUT2D eigenvalue weighted by Gasteiger charge is -2.20. The van der Waals surface area contributed by atoms with Gasteiger partial charge in [0.15, 0.2) is 0 Å². The zero-order valence-corrected chi connectivity index (χ0v) is 15.2. The van der Waals surface area contributed by atoms with Crippen LogP contribution >= 0.6 is 0 Å². The summed E-state index contributed by atoms with van der Waals surface area (Å²) >= 11 is 0. The van der Waals surface area contributed by atoms with Gasteiger partial charge in [-0.1, -0.05) is 60.7 Å². The van der Waals surface area contributed by atoms with Crippen molar-refractivity contribution in [2.45, 2.75) is 44.9 Å². The molecule has 0 fully saturated rings. The topological polar surface area (TPSA) is 81.4 Å². The Balaban J connectivity index is 2.03. The summed E-state index contributed by atoms with van der Waals surface area (Å²) in [4.78, 5) is 24.5. The molecule has 0 radical (unpaired) electrons. The highest BCUT2D eigenvalue weighted by atomic mass is 16.5. The number of nitrogens with one attached hydrogen (secondary N) is 1. The van der Waals surface area contributed by atoms with E-state index >= 15 is 0 Å². The van der Waals surface area contributed by atoms with E-state index < -0.39 is 12.1 Å². The Labute approximate surface area is 154 Å². The van der Waals surface area contributed by atoms with Gasteiger partial charge in [0.2, 0.25) is 5.91 Å². The summed E-state index contributed by atoms with van der Waals surface area (Å²) in [6, 6.07) is 18.0. The number of amides is 1. The second-order valence-electron chi connectivity index (χ2n) is 6.49. The van der Waals surface area contributed by atoms with Crippen molar-refractivity contribution in [3.8, 4) is 0 Å². The summed E-state index contributed by atoms with van der Waals surface area (Å²) < 4.78 is 5.22. The molecule has 0 aliphatic heterocycles. The second-order valence-corrected chi connectivity index (χ2v) is 6.49. The zero-order chi connectivity index (χ0) is 18.9. The molecule has 0 aliphatic carbocycles. The van der Waals surface area contributed by atoms with Crippen molar-refractivity contribution in [2.24, 2.45) is 5.73 Å². The highest BCUT2D eigenvalue weighted by molar-refractivity contribution is 5.78. The summed E-state index contributed by atoms with van der Waals surface area (Å²) in [6.07, 6.45) is 0.0299. The summed E-state index contributed by atoms with van der Waals surface area (Å²) in [7, 11) is 0. The molecular weight excluding hydrogens is 328 g/mol. The van der Waals surface area contributed by atoms with Crippen LogP contribution in [0.2, 0.25) is 0 Å². The molecule has 138 valence electrons. The summed E-state index contributed by atoms with van der Waals surface area (Å²) in [5.74, 6) is -0.547. The van der Waals surface area contributed by atoms with Crippen LogP contribution in [0.15, 0.2) is 60.7 Å². The van der Waals surface area contributed by atoms with Gasteiger partial charge in [-0.05, 0) is 25.0 Å². The fraction of sp³-hybridized carbons (Fsp3) is 0.333. The molecule has 0 saturated heterocycles. The van der Waals surface area contributed by atoms with E-state index in [2.05, 4.69) is 5.32 Å². The lowest BCUT2D eigenvalue weighted by Crippen LogP contribution is -2.33. The smallest absolute Gasteiger partial charge is 0.308 e. The first-order chi connectivity index (χ1) is 12.5. The Morgan fingerprint density at radius 2 is 1.46 bits per heavy atom. The standard InChI is InChI=1S/C21H26N2O3/c1-15(2)26-21(25)14-19(17-11-7-4-8-12-17)23-20(24)13-18(22)16-9-5-3-6-10-16/h3-12,15,18-19H,13-14,22H2,1-2H3,(H,23,24). The van der Waals surface area contributed by atoms with Gasteiger partial charge in [-0.2, -0.15) is 0 Å². The number of nitrogens with two attached hydrogens (primary N) is 1. The normalized spacial score (nSPS) is 13.1. The first-order valence-corrected chi connectivity index (χ1v) is 8.80. The molecule has 2 aromatic rings. The van der Waals surface area contributed by atoms with Crippen molar-refractivity contribution in [2.75, 3.05) is 0 Å². The maximum atomic E-state index is 12.5. The number of carbonyl (C=O) groups is 2. The second kappa shape index (κ2) is 9.73. The van der Waals surface area contributed by atoms with E-state index in [0.717, 1.165) is 11.1 Å². The molecule has 3 N–H and O–H groups in total. The molecule has 2 aromatic carbocycles. The van der Waals surface area contributed by atoms with Gasteiger partial charge in [0, 0.05) is 12.5 Å². The summed E-state index contributed by atoms with van der Waals surface area (Å²) in [5, 5.41) is 2.92. The van der Waals surface area contributed by atoms with Gasteiger partial charge in [0.25, 0.3) is 0 Å². The van der Waals surface area contributed by atoms with Gasteiger partial charge in [-0.15, -0.1) is 0 Å². The predicted octanol–water partition coefficient (Wildman–Crippen LogP) is 3.28. The Morgan fingerprint density at radius 1 is 0.923 bits per heavy atom. The van der Waals surface area contributed by atoms with Crippen LogP contribution in [-0.4, -0.2) is 18.0 Å². The predicted molar refractivity (Wildman–Crippen MR) is 101 cm³/mol. The van der Waals surface area contributed by atoms with Crippen molar-refractivity contribution in [1.82, 2.24) is 5.32 Å².